The lowest BCUT2D eigenvalue weighted by atomic mass is 10.1. The van der Waals surface area contributed by atoms with Gasteiger partial charge in [-0.1, -0.05) is 24.3 Å². The van der Waals surface area contributed by atoms with Gasteiger partial charge in [-0.05, 0) is 29.8 Å². The van der Waals surface area contributed by atoms with Gasteiger partial charge in [0.25, 0.3) is 5.91 Å². The number of rotatable bonds is 5. The minimum absolute atomic E-state index is 0.00399. The number of benzene rings is 2. The summed E-state index contributed by atoms with van der Waals surface area (Å²) in [6, 6.07) is 10.5. The predicted molar refractivity (Wildman–Crippen MR) is 95.2 cm³/mol. The quantitative estimate of drug-likeness (QED) is 0.630. The first-order chi connectivity index (χ1) is 13.3. The van der Waals surface area contributed by atoms with Crippen molar-refractivity contribution in [3.05, 3.63) is 83.4 Å². The molecule has 0 atom stereocenters. The lowest BCUT2D eigenvalue weighted by molar-refractivity contribution is -0.136. The number of halogens is 4. The third-order valence-corrected chi connectivity index (χ3v) is 3.76. The molecular formula is C19H14F4N4O. The minimum Gasteiger partial charge on any atom is -0.350 e. The number of amides is 1. The highest BCUT2D eigenvalue weighted by molar-refractivity contribution is 6.04. The monoisotopic (exact) mass is 390 g/mol. The van der Waals surface area contributed by atoms with Crippen molar-refractivity contribution in [3.63, 3.8) is 0 Å². The molecule has 144 valence electrons. The van der Waals surface area contributed by atoms with E-state index in [1.165, 1.54) is 42.7 Å². The third kappa shape index (κ3) is 4.81. The summed E-state index contributed by atoms with van der Waals surface area (Å²) >= 11 is 0. The molecule has 9 heteroatoms. The smallest absolute Gasteiger partial charge is 0.350 e. The van der Waals surface area contributed by atoms with Gasteiger partial charge in [-0.2, -0.15) is 13.2 Å². The van der Waals surface area contributed by atoms with Crippen LogP contribution in [0.25, 0.3) is 0 Å². The molecule has 0 radical (unpaired) electrons. The topological polar surface area (TPSA) is 66.9 Å². The molecule has 0 bridgehead atoms. The van der Waals surface area contributed by atoms with Crippen molar-refractivity contribution < 1.29 is 22.4 Å². The Morgan fingerprint density at radius 3 is 2.25 bits per heavy atom. The van der Waals surface area contributed by atoms with E-state index in [4.69, 9.17) is 0 Å². The number of alkyl halides is 3. The number of carbonyl (C=O) groups excluding carboxylic acids is 1. The molecule has 0 aliphatic carbocycles. The maximum absolute atomic E-state index is 13.0. The fourth-order valence-corrected chi connectivity index (χ4v) is 2.35. The van der Waals surface area contributed by atoms with Crippen molar-refractivity contribution in [2.75, 3.05) is 10.6 Å². The third-order valence-electron chi connectivity index (χ3n) is 3.76. The number of nitrogens with one attached hydrogen (secondary N) is 2. The molecule has 0 aliphatic rings. The fraction of sp³-hybridized carbons (Fsp3) is 0.105. The van der Waals surface area contributed by atoms with Crippen LogP contribution in [0.2, 0.25) is 0 Å². The SMILES string of the molecule is O=C(Nc1ccccc1C(F)(F)F)c1cnc(NCc2ccc(F)cc2)nc1. The van der Waals surface area contributed by atoms with Gasteiger partial charge in [0.15, 0.2) is 0 Å². The Labute approximate surface area is 157 Å². The predicted octanol–water partition coefficient (Wildman–Crippen LogP) is 4.50. The van der Waals surface area contributed by atoms with Gasteiger partial charge in [-0.3, -0.25) is 4.79 Å². The lowest BCUT2D eigenvalue weighted by Gasteiger charge is -2.13. The minimum atomic E-state index is -4.59. The van der Waals surface area contributed by atoms with Gasteiger partial charge in [0, 0.05) is 18.9 Å². The fourth-order valence-electron chi connectivity index (χ4n) is 2.35. The summed E-state index contributed by atoms with van der Waals surface area (Å²) in [5.74, 6) is -0.888. The Kier molecular flexibility index (Phi) is 5.53. The van der Waals surface area contributed by atoms with E-state index >= 15 is 0 Å². The molecular weight excluding hydrogens is 376 g/mol. The number of para-hydroxylation sites is 1. The van der Waals surface area contributed by atoms with Crippen LogP contribution in [0.3, 0.4) is 0 Å². The van der Waals surface area contributed by atoms with E-state index in [1.807, 2.05) is 0 Å². The van der Waals surface area contributed by atoms with Gasteiger partial charge in [0.2, 0.25) is 5.95 Å². The summed E-state index contributed by atoms with van der Waals surface area (Å²) < 4.78 is 51.9. The largest absolute Gasteiger partial charge is 0.418 e. The van der Waals surface area contributed by atoms with E-state index in [2.05, 4.69) is 20.6 Å². The maximum atomic E-state index is 13.0. The van der Waals surface area contributed by atoms with Crippen LogP contribution in [0.1, 0.15) is 21.5 Å². The molecule has 0 saturated heterocycles. The molecule has 2 N–H and O–H groups in total. The van der Waals surface area contributed by atoms with Crippen molar-refractivity contribution in [2.45, 2.75) is 12.7 Å². The molecule has 0 saturated carbocycles. The molecule has 1 amide bonds. The Bertz CT molecular complexity index is 957. The van der Waals surface area contributed by atoms with Crippen molar-refractivity contribution in [1.82, 2.24) is 9.97 Å². The van der Waals surface area contributed by atoms with E-state index in [1.54, 1.807) is 12.1 Å². The first-order valence-corrected chi connectivity index (χ1v) is 8.11. The van der Waals surface area contributed by atoms with E-state index in [-0.39, 0.29) is 23.0 Å². The summed E-state index contributed by atoms with van der Waals surface area (Å²) in [6.07, 6.45) is -2.19. The normalized spacial score (nSPS) is 11.1. The number of hydrogen-bond donors (Lipinski definition) is 2. The number of carbonyl (C=O) groups is 1. The lowest BCUT2D eigenvalue weighted by Crippen LogP contribution is -2.17. The maximum Gasteiger partial charge on any atom is 0.418 e. The van der Waals surface area contributed by atoms with Crippen LogP contribution in [0.15, 0.2) is 60.9 Å². The van der Waals surface area contributed by atoms with Crippen LogP contribution in [-0.4, -0.2) is 15.9 Å². The zero-order valence-electron chi connectivity index (χ0n) is 14.3. The van der Waals surface area contributed by atoms with Crippen LogP contribution >= 0.6 is 0 Å². The second-order valence-electron chi connectivity index (χ2n) is 5.77. The second-order valence-corrected chi connectivity index (χ2v) is 5.77. The molecule has 0 unspecified atom stereocenters. The van der Waals surface area contributed by atoms with E-state index in [9.17, 15) is 22.4 Å². The Morgan fingerprint density at radius 1 is 0.964 bits per heavy atom. The molecule has 5 nitrogen and oxygen atoms in total. The van der Waals surface area contributed by atoms with Crippen molar-refractivity contribution in [3.8, 4) is 0 Å². The van der Waals surface area contributed by atoms with Gasteiger partial charge in [0.1, 0.15) is 5.82 Å². The van der Waals surface area contributed by atoms with Crippen LogP contribution in [0.4, 0.5) is 29.2 Å². The van der Waals surface area contributed by atoms with Crippen LogP contribution in [0.5, 0.6) is 0 Å². The summed E-state index contributed by atoms with van der Waals surface area (Å²) in [5, 5.41) is 5.12. The summed E-state index contributed by atoms with van der Waals surface area (Å²) in [4.78, 5) is 20.1. The van der Waals surface area contributed by atoms with Crippen LogP contribution in [0, 0.1) is 5.82 Å². The summed E-state index contributed by atoms with van der Waals surface area (Å²) in [5.41, 5.74) is -0.486. The summed E-state index contributed by atoms with van der Waals surface area (Å²) in [7, 11) is 0. The highest BCUT2D eigenvalue weighted by atomic mass is 19.4. The average molecular weight is 390 g/mol. The Morgan fingerprint density at radius 2 is 1.61 bits per heavy atom. The molecule has 1 heterocycles. The number of aromatic nitrogens is 2. The highest BCUT2D eigenvalue weighted by Crippen LogP contribution is 2.34. The molecule has 3 aromatic rings. The van der Waals surface area contributed by atoms with Gasteiger partial charge < -0.3 is 10.6 Å². The zero-order valence-corrected chi connectivity index (χ0v) is 14.3. The molecule has 28 heavy (non-hydrogen) atoms. The van der Waals surface area contributed by atoms with E-state index < -0.39 is 17.6 Å². The number of nitrogens with zero attached hydrogens (tertiary/aromatic N) is 2. The first kappa shape index (κ1) is 19.3. The Balaban J connectivity index is 1.65. The molecule has 1 aromatic heterocycles. The highest BCUT2D eigenvalue weighted by Gasteiger charge is 2.33. The van der Waals surface area contributed by atoms with Crippen LogP contribution < -0.4 is 10.6 Å². The molecule has 3 rings (SSSR count). The van der Waals surface area contributed by atoms with Gasteiger partial charge in [0.05, 0.1) is 16.8 Å². The van der Waals surface area contributed by atoms with E-state index in [0.717, 1.165) is 11.6 Å². The molecule has 2 aromatic carbocycles. The molecule has 0 aliphatic heterocycles. The van der Waals surface area contributed by atoms with Crippen molar-refractivity contribution >= 4 is 17.5 Å². The van der Waals surface area contributed by atoms with Crippen LogP contribution in [-0.2, 0) is 12.7 Å². The average Bonchev–Trinajstić information content (AvgIpc) is 2.67. The second kappa shape index (κ2) is 8.03. The van der Waals surface area contributed by atoms with Crippen molar-refractivity contribution in [2.24, 2.45) is 0 Å². The summed E-state index contributed by atoms with van der Waals surface area (Å²) in [6.45, 7) is 0.338. The molecule has 0 fully saturated rings. The molecule has 0 spiro atoms. The van der Waals surface area contributed by atoms with Gasteiger partial charge in [-0.25, -0.2) is 14.4 Å². The van der Waals surface area contributed by atoms with E-state index in [0.29, 0.717) is 6.54 Å². The van der Waals surface area contributed by atoms with Gasteiger partial charge >= 0.3 is 6.18 Å². The number of anilines is 2. The first-order valence-electron chi connectivity index (χ1n) is 8.11. The van der Waals surface area contributed by atoms with Gasteiger partial charge in [-0.15, -0.1) is 0 Å². The van der Waals surface area contributed by atoms with Crippen molar-refractivity contribution in [1.29, 1.82) is 0 Å². The zero-order chi connectivity index (χ0) is 20.1. The standard InChI is InChI=1S/C19H14F4N4O/c20-14-7-5-12(6-8-14)9-24-18-25-10-13(11-26-18)17(28)27-16-4-2-1-3-15(16)19(21,22)23/h1-8,10-11H,9H2,(H,27,28)(H,24,25,26). The number of hydrogen-bond acceptors (Lipinski definition) is 4. The Hall–Kier alpha value is -3.49.